The van der Waals surface area contributed by atoms with E-state index in [-0.39, 0.29) is 0 Å². The van der Waals surface area contributed by atoms with Gasteiger partial charge in [-0.15, -0.1) is 0 Å². The first kappa shape index (κ1) is 11.1. The summed E-state index contributed by atoms with van der Waals surface area (Å²) in [6.45, 7) is 2.64. The average Bonchev–Trinajstić information content (AvgIpc) is 2.38. The first-order chi connectivity index (χ1) is 7.90. The minimum Gasteiger partial charge on any atom is -0.317 e. The molecule has 0 saturated carbocycles. The van der Waals surface area contributed by atoms with Gasteiger partial charge >= 0.3 is 0 Å². The van der Waals surface area contributed by atoms with Crippen LogP contribution in [0.25, 0.3) is 0 Å². The van der Waals surface area contributed by atoms with Crippen LogP contribution in [0.3, 0.4) is 0 Å². The highest BCUT2D eigenvalue weighted by Gasteiger charge is 2.14. The van der Waals surface area contributed by atoms with E-state index in [0.29, 0.717) is 12.5 Å². The highest BCUT2D eigenvalue weighted by Crippen LogP contribution is 2.25. The highest BCUT2D eigenvalue weighted by molar-refractivity contribution is 5.34. The highest BCUT2D eigenvalue weighted by atomic mass is 16.1. The van der Waals surface area contributed by atoms with Crippen molar-refractivity contribution in [3.8, 4) is 0 Å². The van der Waals surface area contributed by atoms with Crippen LogP contribution < -0.4 is 5.32 Å². The Labute approximate surface area is 95.6 Å². The fourth-order valence-corrected chi connectivity index (χ4v) is 2.22. The molecule has 3 nitrogen and oxygen atoms in total. The third-order valence-corrected chi connectivity index (χ3v) is 3.09. The first-order valence-corrected chi connectivity index (χ1v) is 5.73. The minimum atomic E-state index is 0.447. The van der Waals surface area contributed by atoms with Crippen molar-refractivity contribution in [2.45, 2.75) is 25.3 Å². The summed E-state index contributed by atoms with van der Waals surface area (Å²) in [5, 5.41) is 3.36. The summed E-state index contributed by atoms with van der Waals surface area (Å²) in [7, 11) is 0. The normalized spacial score (nSPS) is 16.8. The molecule has 1 fully saturated rings. The molecule has 16 heavy (non-hydrogen) atoms. The van der Waals surface area contributed by atoms with Crippen LogP contribution >= 0.6 is 0 Å². The number of piperidine rings is 1. The number of hydrogen-bond donors (Lipinski definition) is 1. The Kier molecular flexibility index (Phi) is 3.86. The van der Waals surface area contributed by atoms with E-state index in [2.05, 4.69) is 22.4 Å². The Morgan fingerprint density at radius 3 is 2.94 bits per heavy atom. The minimum absolute atomic E-state index is 0.447. The number of rotatable bonds is 3. The summed E-state index contributed by atoms with van der Waals surface area (Å²) in [5.74, 6) is 0.654. The van der Waals surface area contributed by atoms with Gasteiger partial charge in [-0.05, 0) is 43.0 Å². The van der Waals surface area contributed by atoms with Crippen LogP contribution in [-0.2, 0) is 11.3 Å². The third-order valence-electron chi connectivity index (χ3n) is 3.09. The Balaban J connectivity index is 2.10. The molecule has 0 amide bonds. The van der Waals surface area contributed by atoms with Gasteiger partial charge in [0.25, 0.3) is 0 Å². The predicted molar refractivity (Wildman–Crippen MR) is 63.1 cm³/mol. The summed E-state index contributed by atoms with van der Waals surface area (Å²) >= 11 is 0. The molecular formula is C13H16N2O. The fourth-order valence-electron chi connectivity index (χ4n) is 2.22. The van der Waals surface area contributed by atoms with Crippen LogP contribution in [0.1, 0.15) is 29.9 Å². The zero-order valence-electron chi connectivity index (χ0n) is 9.28. The standard InChI is InChI=1S/C13H16N2O/c16-10-15-9-11-2-1-3-13(8-11)12-4-6-14-7-5-12/h1-3,8,12,14H,4-7,9H2. The molecule has 1 aliphatic rings. The fraction of sp³-hybridized carbons (Fsp3) is 0.462. The van der Waals surface area contributed by atoms with Gasteiger partial charge in [0.05, 0.1) is 6.54 Å². The lowest BCUT2D eigenvalue weighted by Gasteiger charge is -2.23. The molecule has 3 heteroatoms. The molecule has 1 aliphatic heterocycles. The average molecular weight is 216 g/mol. The van der Waals surface area contributed by atoms with Crippen molar-refractivity contribution in [1.29, 1.82) is 0 Å². The monoisotopic (exact) mass is 216 g/mol. The second-order valence-corrected chi connectivity index (χ2v) is 4.18. The maximum atomic E-state index is 10.1. The van der Waals surface area contributed by atoms with Gasteiger partial charge in [0, 0.05) is 0 Å². The van der Waals surface area contributed by atoms with Crippen molar-refractivity contribution < 1.29 is 4.79 Å². The van der Waals surface area contributed by atoms with E-state index in [0.717, 1.165) is 18.7 Å². The summed E-state index contributed by atoms with van der Waals surface area (Å²) in [4.78, 5) is 13.7. The first-order valence-electron chi connectivity index (χ1n) is 5.73. The maximum absolute atomic E-state index is 10.1. The van der Waals surface area contributed by atoms with Gasteiger partial charge in [-0.1, -0.05) is 24.3 Å². The zero-order chi connectivity index (χ0) is 11.2. The molecule has 1 heterocycles. The third kappa shape index (κ3) is 2.78. The molecule has 84 valence electrons. The van der Waals surface area contributed by atoms with Crippen LogP contribution in [0.4, 0.5) is 0 Å². The van der Waals surface area contributed by atoms with Crippen LogP contribution in [0, 0.1) is 0 Å². The molecule has 1 aromatic carbocycles. The summed E-state index contributed by atoms with van der Waals surface area (Å²) in [5.41, 5.74) is 2.47. The second kappa shape index (κ2) is 5.59. The Hall–Kier alpha value is -1.44. The molecule has 1 aromatic rings. The maximum Gasteiger partial charge on any atom is 0.235 e. The molecule has 0 atom stereocenters. The van der Waals surface area contributed by atoms with Gasteiger partial charge in [0.15, 0.2) is 0 Å². The number of carbonyl (C=O) groups excluding carboxylic acids is 1. The van der Waals surface area contributed by atoms with Gasteiger partial charge < -0.3 is 5.32 Å². The molecule has 0 aliphatic carbocycles. The van der Waals surface area contributed by atoms with Gasteiger partial charge in [0.1, 0.15) is 0 Å². The molecule has 2 rings (SSSR count). The molecule has 0 unspecified atom stereocenters. The van der Waals surface area contributed by atoms with E-state index in [1.54, 1.807) is 6.08 Å². The van der Waals surface area contributed by atoms with Crippen molar-refractivity contribution in [2.24, 2.45) is 4.99 Å². The van der Waals surface area contributed by atoms with Crippen molar-refractivity contribution in [1.82, 2.24) is 5.32 Å². The molecule has 1 saturated heterocycles. The summed E-state index contributed by atoms with van der Waals surface area (Å²) in [6.07, 6.45) is 3.97. The molecule has 0 spiro atoms. The lowest BCUT2D eigenvalue weighted by atomic mass is 9.89. The summed E-state index contributed by atoms with van der Waals surface area (Å²) in [6, 6.07) is 8.39. The van der Waals surface area contributed by atoms with Crippen molar-refractivity contribution in [3.05, 3.63) is 35.4 Å². The van der Waals surface area contributed by atoms with E-state index in [1.165, 1.54) is 18.4 Å². The van der Waals surface area contributed by atoms with E-state index in [1.807, 2.05) is 12.1 Å². The number of isocyanates is 1. The van der Waals surface area contributed by atoms with Gasteiger partial charge in [-0.3, -0.25) is 0 Å². The van der Waals surface area contributed by atoms with Crippen LogP contribution in [0.15, 0.2) is 29.3 Å². The number of nitrogens with one attached hydrogen (secondary N) is 1. The van der Waals surface area contributed by atoms with Crippen molar-refractivity contribution in [3.63, 3.8) is 0 Å². The van der Waals surface area contributed by atoms with Crippen molar-refractivity contribution >= 4 is 6.08 Å². The quantitative estimate of drug-likeness (QED) is 0.620. The molecular weight excluding hydrogens is 200 g/mol. The van der Waals surface area contributed by atoms with Gasteiger partial charge in [-0.25, -0.2) is 9.79 Å². The number of benzene rings is 1. The molecule has 1 N–H and O–H groups in total. The Morgan fingerprint density at radius 2 is 2.19 bits per heavy atom. The van der Waals surface area contributed by atoms with Crippen LogP contribution in [-0.4, -0.2) is 19.2 Å². The van der Waals surface area contributed by atoms with Crippen LogP contribution in [0.5, 0.6) is 0 Å². The zero-order valence-corrected chi connectivity index (χ0v) is 9.28. The Bertz CT molecular complexity index is 391. The Morgan fingerprint density at radius 1 is 1.38 bits per heavy atom. The van der Waals surface area contributed by atoms with E-state index in [4.69, 9.17) is 0 Å². The number of aliphatic imine (C=N–C) groups is 1. The summed E-state index contributed by atoms with van der Waals surface area (Å²) < 4.78 is 0. The smallest absolute Gasteiger partial charge is 0.235 e. The van der Waals surface area contributed by atoms with E-state index >= 15 is 0 Å². The SMILES string of the molecule is O=C=NCc1cccc(C2CCNCC2)c1. The largest absolute Gasteiger partial charge is 0.317 e. The van der Waals surface area contributed by atoms with Gasteiger partial charge in [0.2, 0.25) is 6.08 Å². The van der Waals surface area contributed by atoms with Crippen LogP contribution in [0.2, 0.25) is 0 Å². The van der Waals surface area contributed by atoms with E-state index in [9.17, 15) is 4.79 Å². The molecule has 0 bridgehead atoms. The second-order valence-electron chi connectivity index (χ2n) is 4.18. The topological polar surface area (TPSA) is 41.5 Å². The van der Waals surface area contributed by atoms with Crippen molar-refractivity contribution in [2.75, 3.05) is 13.1 Å². The molecule has 0 radical (unpaired) electrons. The number of hydrogen-bond acceptors (Lipinski definition) is 3. The number of nitrogens with zero attached hydrogens (tertiary/aromatic N) is 1. The lowest BCUT2D eigenvalue weighted by molar-refractivity contribution is 0.460. The van der Waals surface area contributed by atoms with E-state index < -0.39 is 0 Å². The van der Waals surface area contributed by atoms with Gasteiger partial charge in [-0.2, -0.15) is 0 Å². The predicted octanol–water partition coefficient (Wildman–Crippen LogP) is 1.99. The molecule has 0 aromatic heterocycles. The lowest BCUT2D eigenvalue weighted by Crippen LogP contribution is -2.26.